The number of nitriles is 1. The molecule has 0 N–H and O–H groups in total. The Morgan fingerprint density at radius 1 is 1.58 bits per heavy atom. The van der Waals surface area contributed by atoms with Crippen molar-refractivity contribution >= 4 is 11.8 Å². The summed E-state index contributed by atoms with van der Waals surface area (Å²) in [5, 5.41) is 8.79. The molecule has 1 aliphatic heterocycles. The molecule has 0 aromatic carbocycles. The number of anilines is 1. The number of aromatic nitrogens is 1. The van der Waals surface area contributed by atoms with Crippen LogP contribution in [0.1, 0.15) is 26.5 Å². The molecule has 0 bridgehead atoms. The van der Waals surface area contributed by atoms with E-state index in [1.165, 1.54) is 17.2 Å². The normalized spacial score (nSPS) is 14.1. The molecule has 2 rings (SSSR count). The van der Waals surface area contributed by atoms with E-state index < -0.39 is 11.7 Å². The average Bonchev–Trinajstić information content (AvgIpc) is 2.35. The van der Waals surface area contributed by atoms with Crippen molar-refractivity contribution in [2.75, 3.05) is 18.1 Å². The lowest BCUT2D eigenvalue weighted by atomic mass is 10.2. The first-order valence-electron chi connectivity index (χ1n) is 5.94. The zero-order valence-electron chi connectivity index (χ0n) is 11.1. The third-order valence-corrected chi connectivity index (χ3v) is 2.44. The van der Waals surface area contributed by atoms with Crippen LogP contribution in [0.4, 0.5) is 10.5 Å². The van der Waals surface area contributed by atoms with Crippen molar-refractivity contribution in [2.45, 2.75) is 26.4 Å². The van der Waals surface area contributed by atoms with Gasteiger partial charge in [0.25, 0.3) is 0 Å². The van der Waals surface area contributed by atoms with Crippen LogP contribution >= 0.6 is 0 Å². The van der Waals surface area contributed by atoms with Crippen LogP contribution < -0.4 is 9.64 Å². The Bertz CT molecular complexity index is 543. The van der Waals surface area contributed by atoms with Gasteiger partial charge in [0.1, 0.15) is 35.4 Å². The van der Waals surface area contributed by atoms with E-state index >= 15 is 0 Å². The molecule has 0 spiro atoms. The number of hydrogen-bond acceptors (Lipinski definition) is 5. The fourth-order valence-electron chi connectivity index (χ4n) is 1.68. The first-order chi connectivity index (χ1) is 8.90. The molecule has 0 radical (unpaired) electrons. The molecular weight excluding hydrogens is 246 g/mol. The molecule has 0 atom stereocenters. The second-order valence-electron chi connectivity index (χ2n) is 5.13. The van der Waals surface area contributed by atoms with Gasteiger partial charge in [-0.3, -0.25) is 4.90 Å². The summed E-state index contributed by atoms with van der Waals surface area (Å²) >= 11 is 0. The van der Waals surface area contributed by atoms with E-state index in [1.807, 2.05) is 26.8 Å². The number of amides is 1. The molecule has 6 heteroatoms. The van der Waals surface area contributed by atoms with Gasteiger partial charge in [0.2, 0.25) is 0 Å². The van der Waals surface area contributed by atoms with Gasteiger partial charge in [0, 0.05) is 6.07 Å². The lowest BCUT2D eigenvalue weighted by molar-refractivity contribution is 0.0567. The average molecular weight is 261 g/mol. The van der Waals surface area contributed by atoms with Crippen LogP contribution in [-0.2, 0) is 4.74 Å². The maximum Gasteiger partial charge on any atom is 0.415 e. The summed E-state index contributed by atoms with van der Waals surface area (Å²) in [6, 6.07) is 3.45. The summed E-state index contributed by atoms with van der Waals surface area (Å²) in [6.45, 7) is 6.19. The largest absolute Gasteiger partial charge is 0.489 e. The minimum absolute atomic E-state index is 0.254. The van der Waals surface area contributed by atoms with Crippen molar-refractivity contribution in [1.82, 2.24) is 4.98 Å². The van der Waals surface area contributed by atoms with E-state index in [9.17, 15) is 4.79 Å². The van der Waals surface area contributed by atoms with Crippen molar-refractivity contribution in [2.24, 2.45) is 0 Å². The highest BCUT2D eigenvalue weighted by Gasteiger charge is 2.28. The molecule has 19 heavy (non-hydrogen) atoms. The van der Waals surface area contributed by atoms with Crippen LogP contribution in [0.25, 0.3) is 0 Å². The number of ether oxygens (including phenoxy) is 2. The molecule has 0 saturated carbocycles. The van der Waals surface area contributed by atoms with E-state index in [1.54, 1.807) is 0 Å². The summed E-state index contributed by atoms with van der Waals surface area (Å²) in [6.07, 6.45) is 1.01. The zero-order valence-corrected chi connectivity index (χ0v) is 11.1. The van der Waals surface area contributed by atoms with Crippen LogP contribution in [0.5, 0.6) is 5.75 Å². The van der Waals surface area contributed by atoms with Crippen LogP contribution in [0.15, 0.2) is 12.3 Å². The first-order valence-corrected chi connectivity index (χ1v) is 5.94. The maximum absolute atomic E-state index is 12.1. The molecular formula is C13H15N3O3. The number of nitrogens with zero attached hydrogens (tertiary/aromatic N) is 3. The summed E-state index contributed by atoms with van der Waals surface area (Å²) in [4.78, 5) is 17.5. The molecule has 0 fully saturated rings. The Morgan fingerprint density at radius 2 is 2.32 bits per heavy atom. The Hall–Kier alpha value is -2.29. The van der Waals surface area contributed by atoms with Gasteiger partial charge in [-0.2, -0.15) is 5.26 Å². The van der Waals surface area contributed by atoms with Gasteiger partial charge < -0.3 is 9.47 Å². The van der Waals surface area contributed by atoms with Crippen molar-refractivity contribution in [3.05, 3.63) is 18.0 Å². The lowest BCUT2D eigenvalue weighted by Crippen LogP contribution is -2.41. The van der Waals surface area contributed by atoms with Crippen molar-refractivity contribution < 1.29 is 14.3 Å². The summed E-state index contributed by atoms with van der Waals surface area (Å²) in [5.41, 5.74) is 0.222. The smallest absolute Gasteiger partial charge is 0.415 e. The third-order valence-electron chi connectivity index (χ3n) is 2.44. The predicted molar refractivity (Wildman–Crippen MR) is 68.0 cm³/mol. The number of pyridine rings is 1. The standard InChI is InChI=1S/C13H15N3O3/c1-13(2,3)19-12(17)16-4-5-18-11-6-9(7-14)15-8-10(11)16/h6,8H,4-5H2,1-3H3. The molecule has 6 nitrogen and oxygen atoms in total. The van der Waals surface area contributed by atoms with Gasteiger partial charge in [-0.1, -0.05) is 0 Å². The Morgan fingerprint density at radius 3 is 2.95 bits per heavy atom. The van der Waals surface area contributed by atoms with Crippen molar-refractivity contribution in [3.8, 4) is 11.8 Å². The van der Waals surface area contributed by atoms with Crippen molar-refractivity contribution in [3.63, 3.8) is 0 Å². The zero-order chi connectivity index (χ0) is 14.0. The SMILES string of the molecule is CC(C)(C)OC(=O)N1CCOc2cc(C#N)ncc21. The van der Waals surface area contributed by atoms with Crippen LogP contribution in [0.2, 0.25) is 0 Å². The molecule has 0 saturated heterocycles. The van der Waals surface area contributed by atoms with Crippen LogP contribution in [0.3, 0.4) is 0 Å². The molecule has 2 heterocycles. The molecule has 0 aliphatic carbocycles. The van der Waals surface area contributed by atoms with Crippen LogP contribution in [-0.4, -0.2) is 29.8 Å². The van der Waals surface area contributed by atoms with Gasteiger partial charge in [0.15, 0.2) is 0 Å². The Labute approximate surface area is 111 Å². The fraction of sp³-hybridized carbons (Fsp3) is 0.462. The van der Waals surface area contributed by atoms with Gasteiger partial charge in [-0.25, -0.2) is 9.78 Å². The summed E-state index contributed by atoms with van der Waals surface area (Å²) in [5.74, 6) is 0.476. The second kappa shape index (κ2) is 4.76. The second-order valence-corrected chi connectivity index (χ2v) is 5.13. The topological polar surface area (TPSA) is 75.4 Å². The summed E-state index contributed by atoms with van der Waals surface area (Å²) < 4.78 is 10.8. The molecule has 100 valence electrons. The number of fused-ring (bicyclic) bond motifs is 1. The Kier molecular flexibility index (Phi) is 3.30. The van der Waals surface area contributed by atoms with Gasteiger partial charge in [0.05, 0.1) is 12.7 Å². The van der Waals surface area contributed by atoms with E-state index in [0.29, 0.717) is 24.6 Å². The minimum atomic E-state index is -0.560. The van der Waals surface area contributed by atoms with Gasteiger partial charge >= 0.3 is 6.09 Å². The number of rotatable bonds is 0. The van der Waals surface area contributed by atoms with Crippen LogP contribution in [0, 0.1) is 11.3 Å². The third kappa shape index (κ3) is 2.94. The van der Waals surface area contributed by atoms with Crippen molar-refractivity contribution in [1.29, 1.82) is 5.26 Å². The fourth-order valence-corrected chi connectivity index (χ4v) is 1.68. The highest BCUT2D eigenvalue weighted by molar-refractivity contribution is 5.90. The minimum Gasteiger partial charge on any atom is -0.489 e. The van der Waals surface area contributed by atoms with E-state index in [4.69, 9.17) is 14.7 Å². The lowest BCUT2D eigenvalue weighted by Gasteiger charge is -2.31. The maximum atomic E-state index is 12.1. The van der Waals surface area contributed by atoms with Gasteiger partial charge in [-0.05, 0) is 20.8 Å². The van der Waals surface area contributed by atoms with E-state index in [0.717, 1.165) is 0 Å². The number of carbonyl (C=O) groups excluding carboxylic acids is 1. The van der Waals surface area contributed by atoms with Gasteiger partial charge in [-0.15, -0.1) is 0 Å². The molecule has 1 amide bonds. The number of carbonyl (C=O) groups is 1. The van der Waals surface area contributed by atoms with E-state index in [-0.39, 0.29) is 5.69 Å². The molecule has 1 aromatic heterocycles. The highest BCUT2D eigenvalue weighted by Crippen LogP contribution is 2.32. The highest BCUT2D eigenvalue weighted by atomic mass is 16.6. The molecule has 0 unspecified atom stereocenters. The molecule has 1 aliphatic rings. The quantitative estimate of drug-likeness (QED) is 0.714. The monoisotopic (exact) mass is 261 g/mol. The first kappa shape index (κ1) is 13.1. The van der Waals surface area contributed by atoms with E-state index in [2.05, 4.69) is 4.98 Å². The predicted octanol–water partition coefficient (Wildman–Crippen LogP) is 2.09. The molecule has 1 aromatic rings. The summed E-state index contributed by atoms with van der Waals surface area (Å²) in [7, 11) is 0. The number of hydrogen-bond donors (Lipinski definition) is 0. The Balaban J connectivity index is 2.28.